The minimum absolute atomic E-state index is 0.194. The maximum atomic E-state index is 12.1. The highest BCUT2D eigenvalue weighted by molar-refractivity contribution is 6.30. The predicted octanol–water partition coefficient (Wildman–Crippen LogP) is 2.00. The summed E-state index contributed by atoms with van der Waals surface area (Å²) in [4.78, 5) is 12.1. The van der Waals surface area contributed by atoms with Crippen molar-refractivity contribution in [3.63, 3.8) is 0 Å². The zero-order valence-electron chi connectivity index (χ0n) is 11.4. The Morgan fingerprint density at radius 3 is 2.95 bits per heavy atom. The molecular formula is C13H20ClN3O2. The van der Waals surface area contributed by atoms with Crippen molar-refractivity contribution < 1.29 is 9.53 Å². The molecule has 2 rings (SSSR count). The Labute approximate surface area is 118 Å². The van der Waals surface area contributed by atoms with Gasteiger partial charge in [0.1, 0.15) is 5.54 Å². The Bertz CT molecular complexity index is 445. The number of hydrogen-bond acceptors (Lipinski definition) is 4. The second-order valence-electron chi connectivity index (χ2n) is 5.14. The number of halogens is 1. The summed E-state index contributed by atoms with van der Waals surface area (Å²) in [7, 11) is 0. The molecule has 1 aromatic heterocycles. The minimum atomic E-state index is -0.657. The molecule has 1 aromatic rings. The molecule has 1 fully saturated rings. The highest BCUT2D eigenvalue weighted by Crippen LogP contribution is 2.25. The van der Waals surface area contributed by atoms with Crippen LogP contribution in [0, 0.1) is 0 Å². The molecule has 0 aliphatic heterocycles. The van der Waals surface area contributed by atoms with Gasteiger partial charge in [0, 0.05) is 18.8 Å². The van der Waals surface area contributed by atoms with Crippen molar-refractivity contribution in [2.45, 2.75) is 51.2 Å². The average Bonchev–Trinajstić information content (AvgIpc) is 3.07. The molecule has 1 heterocycles. The van der Waals surface area contributed by atoms with E-state index in [0.29, 0.717) is 30.6 Å². The zero-order chi connectivity index (χ0) is 13.9. The first-order valence-corrected chi connectivity index (χ1v) is 7.04. The molecule has 1 atom stereocenters. The number of esters is 1. The molecule has 0 spiro atoms. The van der Waals surface area contributed by atoms with Gasteiger partial charge in [0.05, 0.1) is 17.8 Å². The number of aromatic nitrogens is 2. The normalized spacial score (nSPS) is 18.1. The van der Waals surface area contributed by atoms with E-state index in [2.05, 4.69) is 10.4 Å². The van der Waals surface area contributed by atoms with E-state index >= 15 is 0 Å². The van der Waals surface area contributed by atoms with Gasteiger partial charge in [-0.1, -0.05) is 11.6 Å². The number of ether oxygens (including phenoxy) is 1. The molecule has 6 heteroatoms. The lowest BCUT2D eigenvalue weighted by Gasteiger charge is -2.28. The maximum absolute atomic E-state index is 12.1. The number of hydrogen-bond donors (Lipinski definition) is 1. The molecule has 5 nitrogen and oxygen atoms in total. The van der Waals surface area contributed by atoms with Crippen LogP contribution in [0.4, 0.5) is 0 Å². The molecule has 1 N–H and O–H groups in total. The highest BCUT2D eigenvalue weighted by Gasteiger charge is 2.39. The van der Waals surface area contributed by atoms with Gasteiger partial charge in [-0.3, -0.25) is 14.8 Å². The molecule has 0 aromatic carbocycles. The summed E-state index contributed by atoms with van der Waals surface area (Å²) in [5.41, 5.74) is -0.657. The summed E-state index contributed by atoms with van der Waals surface area (Å²) in [6.07, 6.45) is 6.23. The molecule has 1 aliphatic rings. The molecule has 0 saturated heterocycles. The van der Waals surface area contributed by atoms with Crippen molar-refractivity contribution in [3.8, 4) is 0 Å². The van der Waals surface area contributed by atoms with Crippen LogP contribution < -0.4 is 5.32 Å². The lowest BCUT2D eigenvalue weighted by molar-refractivity contribution is -0.151. The van der Waals surface area contributed by atoms with Crippen LogP contribution in [-0.4, -0.2) is 33.9 Å². The zero-order valence-corrected chi connectivity index (χ0v) is 12.1. The minimum Gasteiger partial charge on any atom is -0.465 e. The van der Waals surface area contributed by atoms with Crippen LogP contribution >= 0.6 is 11.6 Å². The van der Waals surface area contributed by atoms with E-state index < -0.39 is 5.54 Å². The van der Waals surface area contributed by atoms with Crippen LogP contribution in [-0.2, 0) is 16.1 Å². The van der Waals surface area contributed by atoms with Gasteiger partial charge in [0.15, 0.2) is 0 Å². The van der Waals surface area contributed by atoms with Crippen molar-refractivity contribution in [1.82, 2.24) is 15.1 Å². The number of nitrogens with one attached hydrogen (secondary N) is 1. The Morgan fingerprint density at radius 1 is 1.68 bits per heavy atom. The van der Waals surface area contributed by atoms with Crippen molar-refractivity contribution >= 4 is 17.6 Å². The Kier molecular flexibility index (Phi) is 4.47. The van der Waals surface area contributed by atoms with Gasteiger partial charge in [-0.15, -0.1) is 0 Å². The third-order valence-corrected chi connectivity index (χ3v) is 3.46. The van der Waals surface area contributed by atoms with E-state index in [1.807, 2.05) is 13.8 Å². The second kappa shape index (κ2) is 5.92. The van der Waals surface area contributed by atoms with E-state index in [0.717, 1.165) is 12.8 Å². The lowest BCUT2D eigenvalue weighted by atomic mass is 9.97. The monoisotopic (exact) mass is 285 g/mol. The highest BCUT2D eigenvalue weighted by atomic mass is 35.5. The van der Waals surface area contributed by atoms with Crippen LogP contribution in [0.2, 0.25) is 5.02 Å². The molecule has 106 valence electrons. The first-order chi connectivity index (χ1) is 9.03. The molecule has 1 aliphatic carbocycles. The lowest BCUT2D eigenvalue weighted by Crippen LogP contribution is -2.52. The summed E-state index contributed by atoms with van der Waals surface area (Å²) < 4.78 is 6.92. The van der Waals surface area contributed by atoms with Gasteiger partial charge >= 0.3 is 5.97 Å². The van der Waals surface area contributed by atoms with E-state index in [-0.39, 0.29) is 5.97 Å². The fraction of sp³-hybridized carbons (Fsp3) is 0.692. The van der Waals surface area contributed by atoms with Crippen molar-refractivity contribution in [2.24, 2.45) is 0 Å². The van der Waals surface area contributed by atoms with Crippen LogP contribution in [0.1, 0.15) is 33.1 Å². The Balaban J connectivity index is 1.97. The molecular weight excluding hydrogens is 266 g/mol. The molecule has 1 saturated carbocycles. The van der Waals surface area contributed by atoms with Gasteiger partial charge in [0.25, 0.3) is 0 Å². The van der Waals surface area contributed by atoms with Gasteiger partial charge in [-0.25, -0.2) is 0 Å². The molecule has 1 unspecified atom stereocenters. The van der Waals surface area contributed by atoms with E-state index in [1.54, 1.807) is 17.1 Å². The molecule has 0 radical (unpaired) electrons. The van der Waals surface area contributed by atoms with Crippen LogP contribution in [0.15, 0.2) is 12.4 Å². The Morgan fingerprint density at radius 2 is 2.42 bits per heavy atom. The van der Waals surface area contributed by atoms with E-state index in [9.17, 15) is 4.79 Å². The quantitative estimate of drug-likeness (QED) is 0.779. The first kappa shape index (κ1) is 14.3. The van der Waals surface area contributed by atoms with Crippen LogP contribution in [0.25, 0.3) is 0 Å². The first-order valence-electron chi connectivity index (χ1n) is 6.66. The summed E-state index contributed by atoms with van der Waals surface area (Å²) in [6, 6.07) is 0.440. The van der Waals surface area contributed by atoms with E-state index in [4.69, 9.17) is 16.3 Å². The third kappa shape index (κ3) is 3.94. The van der Waals surface area contributed by atoms with Crippen molar-refractivity contribution in [1.29, 1.82) is 0 Å². The number of aryl methyl sites for hydroxylation is 1. The second-order valence-corrected chi connectivity index (χ2v) is 5.58. The van der Waals surface area contributed by atoms with Gasteiger partial charge in [0.2, 0.25) is 0 Å². The fourth-order valence-electron chi connectivity index (χ4n) is 2.00. The van der Waals surface area contributed by atoms with Crippen LogP contribution in [0.3, 0.4) is 0 Å². The number of carbonyl (C=O) groups excluding carboxylic acids is 1. The van der Waals surface area contributed by atoms with Crippen molar-refractivity contribution in [3.05, 3.63) is 17.4 Å². The van der Waals surface area contributed by atoms with Gasteiger partial charge in [-0.05, 0) is 33.1 Å². The summed E-state index contributed by atoms with van der Waals surface area (Å²) in [6.45, 7) is 4.74. The average molecular weight is 286 g/mol. The van der Waals surface area contributed by atoms with Crippen LogP contribution in [0.5, 0.6) is 0 Å². The largest absolute Gasteiger partial charge is 0.465 e. The fourth-order valence-corrected chi connectivity index (χ4v) is 2.16. The molecule has 0 amide bonds. The number of rotatable bonds is 7. The topological polar surface area (TPSA) is 56.2 Å². The number of nitrogens with zero attached hydrogens (tertiary/aromatic N) is 2. The standard InChI is InChI=1S/C13H20ClN3O2/c1-3-19-12(18)13(2,16-11-4-5-11)6-7-17-9-10(14)8-15-17/h8-9,11,16H,3-7H2,1-2H3. The number of carbonyl (C=O) groups is 1. The third-order valence-electron chi connectivity index (χ3n) is 3.27. The SMILES string of the molecule is CCOC(=O)C(C)(CCn1cc(Cl)cn1)NC1CC1. The molecule has 19 heavy (non-hydrogen) atoms. The smallest absolute Gasteiger partial charge is 0.326 e. The van der Waals surface area contributed by atoms with Crippen molar-refractivity contribution in [2.75, 3.05) is 6.61 Å². The predicted molar refractivity (Wildman–Crippen MR) is 73.0 cm³/mol. The Hall–Kier alpha value is -1.07. The van der Waals surface area contributed by atoms with Gasteiger partial charge < -0.3 is 4.74 Å². The summed E-state index contributed by atoms with van der Waals surface area (Å²) >= 11 is 5.83. The van der Waals surface area contributed by atoms with E-state index in [1.165, 1.54) is 0 Å². The maximum Gasteiger partial charge on any atom is 0.326 e. The summed E-state index contributed by atoms with van der Waals surface area (Å²) in [5.74, 6) is -0.194. The van der Waals surface area contributed by atoms with Gasteiger partial charge in [-0.2, -0.15) is 5.10 Å². The molecule has 0 bridgehead atoms. The summed E-state index contributed by atoms with van der Waals surface area (Å²) in [5, 5.41) is 8.11.